The Kier molecular flexibility index (Phi) is 4.01. The number of aryl methyl sites for hydroxylation is 2. The third kappa shape index (κ3) is 3.61. The normalized spacial score (nSPS) is 11.2. The second kappa shape index (κ2) is 5.58. The van der Waals surface area contributed by atoms with Crippen LogP contribution in [0.15, 0.2) is 35.2 Å². The van der Waals surface area contributed by atoms with Gasteiger partial charge in [0, 0.05) is 5.69 Å². The molecule has 21 heavy (non-hydrogen) atoms. The van der Waals surface area contributed by atoms with Crippen LogP contribution in [-0.2, 0) is 10.0 Å². The molecule has 0 aliphatic heterocycles. The predicted octanol–water partition coefficient (Wildman–Crippen LogP) is 0.993. The Bertz CT molecular complexity index is 786. The SMILES string of the molecule is Cc1cc(C(=O)Nc2ccc(S(N)(=O)=O)cc2)c(C)nn1. The fraction of sp³-hybridized carbons (Fsp3) is 0.154. The van der Waals surface area contributed by atoms with Gasteiger partial charge in [-0.15, -0.1) is 0 Å². The molecule has 110 valence electrons. The van der Waals surface area contributed by atoms with Gasteiger partial charge in [0.2, 0.25) is 10.0 Å². The van der Waals surface area contributed by atoms with Gasteiger partial charge in [0.25, 0.3) is 5.91 Å². The van der Waals surface area contributed by atoms with E-state index in [-0.39, 0.29) is 10.8 Å². The van der Waals surface area contributed by atoms with E-state index in [0.717, 1.165) is 0 Å². The van der Waals surface area contributed by atoms with Crippen LogP contribution in [0.2, 0.25) is 0 Å². The molecule has 1 heterocycles. The van der Waals surface area contributed by atoms with Crippen molar-refractivity contribution in [2.24, 2.45) is 5.14 Å². The standard InChI is InChI=1S/C13H14N4O3S/c1-8-7-12(9(2)17-16-8)13(18)15-10-3-5-11(6-4-10)21(14,19)20/h3-7H,1-2H3,(H,15,18)(H2,14,19,20). The smallest absolute Gasteiger partial charge is 0.257 e. The summed E-state index contributed by atoms with van der Waals surface area (Å²) >= 11 is 0. The number of carbonyl (C=O) groups is 1. The van der Waals surface area contributed by atoms with E-state index < -0.39 is 10.0 Å². The van der Waals surface area contributed by atoms with Crippen LogP contribution in [0.5, 0.6) is 0 Å². The van der Waals surface area contributed by atoms with E-state index in [9.17, 15) is 13.2 Å². The molecule has 1 aromatic heterocycles. The van der Waals surface area contributed by atoms with Crippen molar-refractivity contribution in [1.29, 1.82) is 0 Å². The lowest BCUT2D eigenvalue weighted by atomic mass is 10.2. The lowest BCUT2D eigenvalue weighted by Gasteiger charge is -2.08. The van der Waals surface area contributed by atoms with Crippen molar-refractivity contribution in [3.05, 3.63) is 47.3 Å². The zero-order chi connectivity index (χ0) is 15.6. The van der Waals surface area contributed by atoms with Gasteiger partial charge in [-0.25, -0.2) is 13.6 Å². The molecule has 0 saturated heterocycles. The second-order valence-corrected chi connectivity index (χ2v) is 6.07. The van der Waals surface area contributed by atoms with E-state index >= 15 is 0 Å². The van der Waals surface area contributed by atoms with Gasteiger partial charge in [-0.2, -0.15) is 10.2 Å². The van der Waals surface area contributed by atoms with Crippen molar-refractivity contribution in [1.82, 2.24) is 10.2 Å². The van der Waals surface area contributed by atoms with Crippen molar-refractivity contribution < 1.29 is 13.2 Å². The van der Waals surface area contributed by atoms with Crippen LogP contribution >= 0.6 is 0 Å². The number of nitrogens with two attached hydrogens (primary N) is 1. The Hall–Kier alpha value is -2.32. The molecule has 1 aromatic carbocycles. The van der Waals surface area contributed by atoms with Gasteiger partial charge < -0.3 is 5.32 Å². The van der Waals surface area contributed by atoms with Gasteiger partial charge >= 0.3 is 0 Å². The fourth-order valence-electron chi connectivity index (χ4n) is 1.71. The minimum atomic E-state index is -3.74. The summed E-state index contributed by atoms with van der Waals surface area (Å²) in [5.74, 6) is -0.339. The molecule has 7 nitrogen and oxygen atoms in total. The van der Waals surface area contributed by atoms with E-state index in [1.54, 1.807) is 19.9 Å². The number of aromatic nitrogens is 2. The summed E-state index contributed by atoms with van der Waals surface area (Å²) in [5, 5.41) is 15.4. The zero-order valence-corrected chi connectivity index (χ0v) is 12.3. The molecule has 0 spiro atoms. The maximum absolute atomic E-state index is 12.1. The van der Waals surface area contributed by atoms with E-state index in [0.29, 0.717) is 22.6 Å². The Morgan fingerprint density at radius 3 is 2.33 bits per heavy atom. The van der Waals surface area contributed by atoms with Gasteiger partial charge in [-0.05, 0) is 44.2 Å². The van der Waals surface area contributed by atoms with Gasteiger partial charge in [0.05, 0.1) is 21.8 Å². The molecule has 8 heteroatoms. The number of amides is 1. The number of primary sulfonamides is 1. The first-order valence-corrected chi connectivity index (χ1v) is 7.57. The summed E-state index contributed by atoms with van der Waals surface area (Å²) in [6, 6.07) is 7.22. The lowest BCUT2D eigenvalue weighted by molar-refractivity contribution is 0.102. The number of rotatable bonds is 3. The molecule has 0 atom stereocenters. The molecule has 0 saturated carbocycles. The van der Waals surface area contributed by atoms with Gasteiger partial charge in [0.15, 0.2) is 0 Å². The number of nitrogens with one attached hydrogen (secondary N) is 1. The molecule has 2 aromatic rings. The Morgan fingerprint density at radius 1 is 1.14 bits per heavy atom. The van der Waals surface area contributed by atoms with Crippen LogP contribution in [-0.4, -0.2) is 24.5 Å². The summed E-state index contributed by atoms with van der Waals surface area (Å²) in [7, 11) is -3.74. The summed E-state index contributed by atoms with van der Waals surface area (Å²) in [5.41, 5.74) is 2.02. The highest BCUT2D eigenvalue weighted by Gasteiger charge is 2.12. The number of carbonyl (C=O) groups excluding carboxylic acids is 1. The van der Waals surface area contributed by atoms with Crippen LogP contribution in [0.1, 0.15) is 21.7 Å². The third-order valence-corrected chi connectivity index (χ3v) is 3.72. The van der Waals surface area contributed by atoms with Crippen LogP contribution in [0.25, 0.3) is 0 Å². The van der Waals surface area contributed by atoms with Crippen molar-refractivity contribution in [2.45, 2.75) is 18.7 Å². The molecule has 0 aliphatic rings. The van der Waals surface area contributed by atoms with Crippen LogP contribution < -0.4 is 10.5 Å². The maximum atomic E-state index is 12.1. The molecule has 2 rings (SSSR count). The fourth-order valence-corrected chi connectivity index (χ4v) is 2.22. The van der Waals surface area contributed by atoms with Crippen LogP contribution in [0, 0.1) is 13.8 Å². The molecule has 1 amide bonds. The quantitative estimate of drug-likeness (QED) is 0.877. The van der Waals surface area contributed by atoms with E-state index in [1.807, 2.05) is 0 Å². The first kappa shape index (κ1) is 15.1. The van der Waals surface area contributed by atoms with Crippen molar-refractivity contribution in [3.63, 3.8) is 0 Å². The largest absolute Gasteiger partial charge is 0.322 e. The minimum absolute atomic E-state index is 0.0156. The number of nitrogens with zero attached hydrogens (tertiary/aromatic N) is 2. The molecule has 3 N–H and O–H groups in total. The number of hydrogen-bond acceptors (Lipinski definition) is 5. The second-order valence-electron chi connectivity index (χ2n) is 4.51. The highest BCUT2D eigenvalue weighted by atomic mass is 32.2. The molecule has 0 aliphatic carbocycles. The zero-order valence-electron chi connectivity index (χ0n) is 11.5. The first-order chi connectivity index (χ1) is 9.77. The topological polar surface area (TPSA) is 115 Å². The number of benzene rings is 1. The first-order valence-electron chi connectivity index (χ1n) is 6.02. The number of hydrogen-bond donors (Lipinski definition) is 2. The average Bonchev–Trinajstić information content (AvgIpc) is 2.41. The minimum Gasteiger partial charge on any atom is -0.322 e. The summed E-state index contributed by atoms with van der Waals surface area (Å²) in [6.45, 7) is 3.43. The lowest BCUT2D eigenvalue weighted by Crippen LogP contribution is -2.15. The van der Waals surface area contributed by atoms with E-state index in [1.165, 1.54) is 24.3 Å². The van der Waals surface area contributed by atoms with Crippen molar-refractivity contribution in [3.8, 4) is 0 Å². The third-order valence-electron chi connectivity index (χ3n) is 2.79. The Balaban J connectivity index is 2.22. The molecule has 0 unspecified atom stereocenters. The van der Waals surface area contributed by atoms with E-state index in [2.05, 4.69) is 15.5 Å². The molecular formula is C13H14N4O3S. The Morgan fingerprint density at radius 2 is 1.76 bits per heavy atom. The summed E-state index contributed by atoms with van der Waals surface area (Å²) in [4.78, 5) is 12.1. The average molecular weight is 306 g/mol. The molecular weight excluding hydrogens is 292 g/mol. The highest BCUT2D eigenvalue weighted by Crippen LogP contribution is 2.14. The predicted molar refractivity (Wildman–Crippen MR) is 77.3 cm³/mol. The Labute approximate surface area is 122 Å². The van der Waals surface area contributed by atoms with Crippen LogP contribution in [0.4, 0.5) is 5.69 Å². The summed E-state index contributed by atoms with van der Waals surface area (Å²) < 4.78 is 22.3. The van der Waals surface area contributed by atoms with Gasteiger partial charge in [-0.1, -0.05) is 0 Å². The van der Waals surface area contributed by atoms with Crippen molar-refractivity contribution >= 4 is 21.6 Å². The maximum Gasteiger partial charge on any atom is 0.257 e. The van der Waals surface area contributed by atoms with Crippen LogP contribution in [0.3, 0.4) is 0 Å². The van der Waals surface area contributed by atoms with Crippen molar-refractivity contribution in [2.75, 3.05) is 5.32 Å². The summed E-state index contributed by atoms with van der Waals surface area (Å²) in [6.07, 6.45) is 0. The highest BCUT2D eigenvalue weighted by molar-refractivity contribution is 7.89. The molecule has 0 bridgehead atoms. The monoisotopic (exact) mass is 306 g/mol. The number of sulfonamides is 1. The number of anilines is 1. The molecule has 0 radical (unpaired) electrons. The molecule has 0 fully saturated rings. The van der Waals surface area contributed by atoms with E-state index in [4.69, 9.17) is 5.14 Å². The van der Waals surface area contributed by atoms with Gasteiger partial charge in [-0.3, -0.25) is 4.79 Å². The van der Waals surface area contributed by atoms with Gasteiger partial charge in [0.1, 0.15) is 0 Å².